The second-order valence-corrected chi connectivity index (χ2v) is 9.08. The minimum atomic E-state index is -0.595. The maximum absolute atomic E-state index is 12.6. The standard InChI is InChI=1S/C27H29N5O2/c1-27(2,3)34-26(33)31-23(17-21-9-5-7-15-28-21)25-30-18-24(32(25)4)20-13-11-19(12-14-20)22-10-6-8-16-29-22/h5-16,18,23H,17H2,1-4H3,(H,31,33). The number of hydrogen-bond donors (Lipinski definition) is 1. The summed E-state index contributed by atoms with van der Waals surface area (Å²) in [5.41, 5.74) is 4.20. The molecule has 1 N–H and O–H groups in total. The van der Waals surface area contributed by atoms with Crippen LogP contribution in [0.5, 0.6) is 0 Å². The maximum atomic E-state index is 12.6. The number of benzene rings is 1. The van der Waals surface area contributed by atoms with Gasteiger partial charge >= 0.3 is 6.09 Å². The summed E-state index contributed by atoms with van der Waals surface area (Å²) in [4.78, 5) is 26.1. The average molecular weight is 456 g/mol. The normalized spacial score (nSPS) is 12.2. The Morgan fingerprint density at radius 3 is 2.24 bits per heavy atom. The lowest BCUT2D eigenvalue weighted by atomic mass is 10.1. The van der Waals surface area contributed by atoms with Crippen molar-refractivity contribution in [1.29, 1.82) is 0 Å². The molecule has 0 aliphatic carbocycles. The maximum Gasteiger partial charge on any atom is 0.408 e. The highest BCUT2D eigenvalue weighted by Crippen LogP contribution is 2.27. The molecule has 4 aromatic rings. The highest BCUT2D eigenvalue weighted by Gasteiger charge is 2.25. The zero-order chi connectivity index (χ0) is 24.1. The quantitative estimate of drug-likeness (QED) is 0.424. The van der Waals surface area contributed by atoms with Crippen molar-refractivity contribution in [1.82, 2.24) is 24.8 Å². The van der Waals surface area contributed by atoms with E-state index in [9.17, 15) is 4.79 Å². The predicted octanol–water partition coefficient (Wildman–Crippen LogP) is 5.35. The fourth-order valence-corrected chi connectivity index (χ4v) is 3.75. The molecule has 1 unspecified atom stereocenters. The number of ether oxygens (including phenoxy) is 1. The van der Waals surface area contributed by atoms with E-state index in [-0.39, 0.29) is 0 Å². The summed E-state index contributed by atoms with van der Waals surface area (Å²) >= 11 is 0. The highest BCUT2D eigenvalue weighted by atomic mass is 16.6. The molecule has 4 rings (SSSR count). The van der Waals surface area contributed by atoms with Crippen LogP contribution in [-0.4, -0.2) is 31.2 Å². The Balaban J connectivity index is 1.61. The van der Waals surface area contributed by atoms with Gasteiger partial charge in [0.05, 0.1) is 23.6 Å². The summed E-state index contributed by atoms with van der Waals surface area (Å²) in [6, 6.07) is 19.4. The van der Waals surface area contributed by atoms with E-state index < -0.39 is 17.7 Å². The van der Waals surface area contributed by atoms with Crippen LogP contribution in [0.4, 0.5) is 4.79 Å². The van der Waals surface area contributed by atoms with Crippen LogP contribution in [0.1, 0.15) is 38.3 Å². The van der Waals surface area contributed by atoms with Crippen LogP contribution in [0.3, 0.4) is 0 Å². The first kappa shape index (κ1) is 23.2. The van der Waals surface area contributed by atoms with Gasteiger partial charge < -0.3 is 14.6 Å². The van der Waals surface area contributed by atoms with Gasteiger partial charge in [-0.25, -0.2) is 9.78 Å². The van der Waals surface area contributed by atoms with Gasteiger partial charge in [0, 0.05) is 37.1 Å². The van der Waals surface area contributed by atoms with E-state index in [0.717, 1.165) is 34.0 Å². The van der Waals surface area contributed by atoms with E-state index in [1.165, 1.54) is 0 Å². The lowest BCUT2D eigenvalue weighted by molar-refractivity contribution is 0.0500. The van der Waals surface area contributed by atoms with Crippen LogP contribution in [0.2, 0.25) is 0 Å². The number of nitrogens with one attached hydrogen (secondary N) is 1. The number of pyridine rings is 2. The van der Waals surface area contributed by atoms with Gasteiger partial charge in [-0.15, -0.1) is 0 Å². The monoisotopic (exact) mass is 455 g/mol. The van der Waals surface area contributed by atoms with Crippen LogP contribution < -0.4 is 5.32 Å². The van der Waals surface area contributed by atoms with Crippen LogP contribution in [0.15, 0.2) is 79.3 Å². The van der Waals surface area contributed by atoms with Crippen molar-refractivity contribution in [3.05, 3.63) is 90.8 Å². The van der Waals surface area contributed by atoms with Crippen molar-refractivity contribution in [2.45, 2.75) is 38.8 Å². The number of carbonyl (C=O) groups excluding carboxylic acids is 1. The molecule has 0 aliphatic rings. The molecule has 3 heterocycles. The fourth-order valence-electron chi connectivity index (χ4n) is 3.75. The van der Waals surface area contributed by atoms with Crippen LogP contribution in [-0.2, 0) is 18.2 Å². The third kappa shape index (κ3) is 5.67. The first-order chi connectivity index (χ1) is 16.3. The summed E-state index contributed by atoms with van der Waals surface area (Å²) in [5, 5.41) is 2.98. The third-order valence-electron chi connectivity index (χ3n) is 5.31. The molecule has 34 heavy (non-hydrogen) atoms. The fraction of sp³-hybridized carbons (Fsp3) is 0.259. The molecule has 7 heteroatoms. The summed E-state index contributed by atoms with van der Waals surface area (Å²) in [6.45, 7) is 5.52. The van der Waals surface area contributed by atoms with Gasteiger partial charge in [0.2, 0.25) is 0 Å². The SMILES string of the molecule is Cn1c(-c2ccc(-c3ccccn3)cc2)cnc1C(Cc1ccccn1)NC(=O)OC(C)(C)C. The lowest BCUT2D eigenvalue weighted by Gasteiger charge is -2.23. The highest BCUT2D eigenvalue weighted by molar-refractivity contribution is 5.69. The molecule has 0 saturated carbocycles. The van der Waals surface area contributed by atoms with Gasteiger partial charge in [-0.05, 0) is 50.6 Å². The van der Waals surface area contributed by atoms with E-state index in [4.69, 9.17) is 4.74 Å². The second kappa shape index (κ2) is 9.87. The number of hydrogen-bond acceptors (Lipinski definition) is 5. The summed E-state index contributed by atoms with van der Waals surface area (Å²) in [7, 11) is 1.95. The minimum Gasteiger partial charge on any atom is -0.444 e. The van der Waals surface area contributed by atoms with Gasteiger partial charge in [0.15, 0.2) is 0 Å². The Kier molecular flexibility index (Phi) is 6.72. The molecule has 7 nitrogen and oxygen atoms in total. The minimum absolute atomic E-state index is 0.406. The molecule has 1 amide bonds. The van der Waals surface area contributed by atoms with Crippen LogP contribution in [0, 0.1) is 0 Å². The Bertz CT molecular complexity index is 1230. The van der Waals surface area contributed by atoms with Gasteiger partial charge in [0.1, 0.15) is 11.4 Å². The first-order valence-electron chi connectivity index (χ1n) is 11.2. The molecular weight excluding hydrogens is 426 g/mol. The summed E-state index contributed by atoms with van der Waals surface area (Å²) in [6.07, 6.45) is 5.36. The molecule has 0 spiro atoms. The molecule has 1 aromatic carbocycles. The number of aromatic nitrogens is 4. The molecule has 3 aromatic heterocycles. The topological polar surface area (TPSA) is 81.9 Å². The number of nitrogens with zero attached hydrogens (tertiary/aromatic N) is 4. The van der Waals surface area contributed by atoms with Crippen molar-refractivity contribution in [3.8, 4) is 22.5 Å². The molecule has 0 saturated heterocycles. The number of rotatable bonds is 6. The van der Waals surface area contributed by atoms with Crippen molar-refractivity contribution < 1.29 is 9.53 Å². The van der Waals surface area contributed by atoms with E-state index in [1.54, 1.807) is 12.4 Å². The number of carbonyl (C=O) groups is 1. The Morgan fingerprint density at radius 2 is 1.62 bits per heavy atom. The molecule has 174 valence electrons. The zero-order valence-electron chi connectivity index (χ0n) is 19.9. The van der Waals surface area contributed by atoms with Crippen molar-refractivity contribution in [3.63, 3.8) is 0 Å². The molecular formula is C27H29N5O2. The van der Waals surface area contributed by atoms with E-state index >= 15 is 0 Å². The van der Waals surface area contributed by atoms with Crippen molar-refractivity contribution in [2.75, 3.05) is 0 Å². The number of amides is 1. The zero-order valence-corrected chi connectivity index (χ0v) is 19.9. The van der Waals surface area contributed by atoms with E-state index in [2.05, 4.69) is 44.5 Å². The van der Waals surface area contributed by atoms with Crippen LogP contribution in [0.25, 0.3) is 22.5 Å². The van der Waals surface area contributed by atoms with Crippen molar-refractivity contribution in [2.24, 2.45) is 7.05 Å². The predicted molar refractivity (Wildman–Crippen MR) is 132 cm³/mol. The van der Waals surface area contributed by atoms with Gasteiger partial charge in [-0.2, -0.15) is 0 Å². The van der Waals surface area contributed by atoms with E-state index in [0.29, 0.717) is 6.42 Å². The first-order valence-corrected chi connectivity index (χ1v) is 11.2. The third-order valence-corrected chi connectivity index (χ3v) is 5.31. The lowest BCUT2D eigenvalue weighted by Crippen LogP contribution is -2.36. The summed E-state index contributed by atoms with van der Waals surface area (Å²) in [5.74, 6) is 0.723. The molecule has 0 aliphatic heterocycles. The molecule has 0 fully saturated rings. The largest absolute Gasteiger partial charge is 0.444 e. The van der Waals surface area contributed by atoms with Gasteiger partial charge in [-0.3, -0.25) is 9.97 Å². The Labute approximate surface area is 199 Å². The summed E-state index contributed by atoms with van der Waals surface area (Å²) < 4.78 is 7.50. The van der Waals surface area contributed by atoms with Crippen LogP contribution >= 0.6 is 0 Å². The number of alkyl carbamates (subject to hydrolysis) is 1. The van der Waals surface area contributed by atoms with Crippen molar-refractivity contribution >= 4 is 6.09 Å². The molecule has 0 radical (unpaired) electrons. The van der Waals surface area contributed by atoms with Gasteiger partial charge in [0.25, 0.3) is 0 Å². The molecule has 1 atom stereocenters. The van der Waals surface area contributed by atoms with Gasteiger partial charge in [-0.1, -0.05) is 36.4 Å². The smallest absolute Gasteiger partial charge is 0.408 e. The average Bonchev–Trinajstić information content (AvgIpc) is 3.20. The number of imidazole rings is 1. The second-order valence-electron chi connectivity index (χ2n) is 9.08. The Hall–Kier alpha value is -4.00. The Morgan fingerprint density at radius 1 is 0.941 bits per heavy atom. The van der Waals surface area contributed by atoms with E-state index in [1.807, 2.05) is 75.0 Å². The molecule has 0 bridgehead atoms.